The smallest absolute Gasteiger partial charge is 0.223 e. The molecule has 0 radical (unpaired) electrons. The Bertz CT molecular complexity index is 867. The highest BCUT2D eigenvalue weighted by atomic mass is 32.1. The lowest BCUT2D eigenvalue weighted by Gasteiger charge is -2.32. The molecule has 2 aliphatic rings. The van der Waals surface area contributed by atoms with Crippen LogP contribution in [0.3, 0.4) is 0 Å². The average molecular weight is 386 g/mol. The molecule has 0 atom stereocenters. The van der Waals surface area contributed by atoms with Crippen LogP contribution in [-0.2, 0) is 4.79 Å². The van der Waals surface area contributed by atoms with Crippen LogP contribution in [0.25, 0.3) is 10.2 Å². The molecule has 2 N–H and O–H groups in total. The zero-order valence-electron chi connectivity index (χ0n) is 16.0. The Morgan fingerprint density at radius 2 is 2.15 bits per heavy atom. The van der Waals surface area contributed by atoms with Gasteiger partial charge < -0.3 is 15.5 Å². The number of thiophene rings is 1. The van der Waals surface area contributed by atoms with Crippen LogP contribution in [0.1, 0.15) is 29.7 Å². The van der Waals surface area contributed by atoms with Gasteiger partial charge in [-0.15, -0.1) is 11.3 Å². The summed E-state index contributed by atoms with van der Waals surface area (Å²) in [4.78, 5) is 26.3. The standard InChI is InChI=1S/C20H27N5OS/c1-13-14(2)27-20-17(13)18(23-12-24-20)25-9-5-16(6-10-25)19(26)22-11-15-3-7-21-8-4-15/h3,12,16,21H,4-11H2,1-2H3,(H,22,26). The van der Waals surface area contributed by atoms with E-state index >= 15 is 0 Å². The molecule has 4 rings (SSSR count). The van der Waals surface area contributed by atoms with E-state index in [0.29, 0.717) is 6.54 Å². The number of anilines is 1. The normalized spacial score (nSPS) is 18.6. The number of amides is 1. The van der Waals surface area contributed by atoms with E-state index in [4.69, 9.17) is 0 Å². The van der Waals surface area contributed by atoms with Gasteiger partial charge in [-0.25, -0.2) is 9.97 Å². The van der Waals surface area contributed by atoms with Gasteiger partial charge in [0.1, 0.15) is 17.0 Å². The van der Waals surface area contributed by atoms with E-state index in [9.17, 15) is 4.79 Å². The second-order valence-electron chi connectivity index (χ2n) is 7.46. The molecule has 1 amide bonds. The minimum atomic E-state index is 0.103. The number of aryl methyl sites for hydroxylation is 2. The molecule has 0 spiro atoms. The van der Waals surface area contributed by atoms with Crippen LogP contribution in [-0.4, -0.2) is 48.6 Å². The van der Waals surface area contributed by atoms with Gasteiger partial charge in [0.2, 0.25) is 5.91 Å². The topological polar surface area (TPSA) is 70.2 Å². The van der Waals surface area contributed by atoms with Gasteiger partial charge in [-0.1, -0.05) is 11.6 Å². The molecule has 144 valence electrons. The third-order valence-corrected chi connectivity index (χ3v) is 6.87. The number of hydrogen-bond donors (Lipinski definition) is 2. The van der Waals surface area contributed by atoms with E-state index in [0.717, 1.165) is 56.1 Å². The Labute approximate surface area is 164 Å². The van der Waals surface area contributed by atoms with Crippen molar-refractivity contribution in [1.82, 2.24) is 20.6 Å². The summed E-state index contributed by atoms with van der Waals surface area (Å²) in [7, 11) is 0. The SMILES string of the molecule is Cc1sc2ncnc(N3CCC(C(=O)NCC4=CCNCC4)CC3)c2c1C. The predicted molar refractivity (Wildman–Crippen MR) is 110 cm³/mol. The third-order valence-electron chi connectivity index (χ3n) is 5.76. The minimum absolute atomic E-state index is 0.103. The Morgan fingerprint density at radius 3 is 2.89 bits per heavy atom. The lowest BCUT2D eigenvalue weighted by molar-refractivity contribution is -0.125. The largest absolute Gasteiger partial charge is 0.356 e. The summed E-state index contributed by atoms with van der Waals surface area (Å²) in [6, 6.07) is 0. The molecule has 0 bridgehead atoms. The van der Waals surface area contributed by atoms with Crippen molar-refractivity contribution in [3.05, 3.63) is 28.4 Å². The maximum atomic E-state index is 12.6. The fourth-order valence-corrected chi connectivity index (χ4v) is 4.92. The lowest BCUT2D eigenvalue weighted by Crippen LogP contribution is -2.41. The number of rotatable bonds is 4. The van der Waals surface area contributed by atoms with Gasteiger partial charge in [0.25, 0.3) is 0 Å². The van der Waals surface area contributed by atoms with E-state index in [2.05, 4.69) is 45.4 Å². The Hall–Kier alpha value is -1.99. The van der Waals surface area contributed by atoms with Gasteiger partial charge in [0.15, 0.2) is 0 Å². The molecule has 0 saturated carbocycles. The molecule has 0 unspecified atom stereocenters. The minimum Gasteiger partial charge on any atom is -0.356 e. The highest BCUT2D eigenvalue weighted by Gasteiger charge is 2.27. The Morgan fingerprint density at radius 1 is 1.33 bits per heavy atom. The summed E-state index contributed by atoms with van der Waals surface area (Å²) in [6.45, 7) is 8.64. The summed E-state index contributed by atoms with van der Waals surface area (Å²) in [5, 5.41) is 7.62. The van der Waals surface area contributed by atoms with E-state index in [1.807, 2.05) is 0 Å². The summed E-state index contributed by atoms with van der Waals surface area (Å²) in [6.07, 6.45) is 6.64. The fourth-order valence-electron chi connectivity index (χ4n) is 3.93. The summed E-state index contributed by atoms with van der Waals surface area (Å²) < 4.78 is 0. The first-order valence-corrected chi connectivity index (χ1v) is 10.6. The van der Waals surface area contributed by atoms with Crippen LogP contribution in [0.15, 0.2) is 18.0 Å². The van der Waals surface area contributed by atoms with Gasteiger partial charge in [0.05, 0.1) is 5.39 Å². The van der Waals surface area contributed by atoms with Crippen molar-refractivity contribution in [2.24, 2.45) is 5.92 Å². The molecule has 2 aliphatic heterocycles. The van der Waals surface area contributed by atoms with Crippen molar-refractivity contribution in [2.75, 3.05) is 37.6 Å². The molecular weight excluding hydrogens is 358 g/mol. The summed E-state index contributed by atoms with van der Waals surface area (Å²) >= 11 is 1.73. The molecule has 0 aliphatic carbocycles. The van der Waals surface area contributed by atoms with Crippen LogP contribution in [0.5, 0.6) is 0 Å². The Balaban J connectivity index is 1.38. The van der Waals surface area contributed by atoms with Crippen LogP contribution in [0.2, 0.25) is 0 Å². The number of hydrogen-bond acceptors (Lipinski definition) is 6. The van der Waals surface area contributed by atoms with Crippen LogP contribution in [0, 0.1) is 19.8 Å². The van der Waals surface area contributed by atoms with Crippen molar-refractivity contribution in [2.45, 2.75) is 33.1 Å². The van der Waals surface area contributed by atoms with E-state index < -0.39 is 0 Å². The number of carbonyl (C=O) groups is 1. The molecule has 1 saturated heterocycles. The van der Waals surface area contributed by atoms with Crippen molar-refractivity contribution < 1.29 is 4.79 Å². The second kappa shape index (κ2) is 7.94. The van der Waals surface area contributed by atoms with E-state index in [1.165, 1.54) is 21.4 Å². The number of aromatic nitrogens is 2. The zero-order chi connectivity index (χ0) is 18.8. The third kappa shape index (κ3) is 3.84. The van der Waals surface area contributed by atoms with Gasteiger partial charge >= 0.3 is 0 Å². The van der Waals surface area contributed by atoms with Crippen molar-refractivity contribution in [1.29, 1.82) is 0 Å². The zero-order valence-corrected chi connectivity index (χ0v) is 16.9. The fraction of sp³-hybridized carbons (Fsp3) is 0.550. The number of nitrogens with zero attached hydrogens (tertiary/aromatic N) is 3. The maximum absolute atomic E-state index is 12.6. The molecule has 2 aromatic heterocycles. The molecule has 4 heterocycles. The summed E-state index contributed by atoms with van der Waals surface area (Å²) in [5.41, 5.74) is 2.62. The van der Waals surface area contributed by atoms with Gasteiger partial charge in [-0.2, -0.15) is 0 Å². The highest BCUT2D eigenvalue weighted by molar-refractivity contribution is 7.18. The van der Waals surface area contributed by atoms with Gasteiger partial charge in [0, 0.05) is 37.0 Å². The van der Waals surface area contributed by atoms with Gasteiger partial charge in [-0.3, -0.25) is 4.79 Å². The van der Waals surface area contributed by atoms with Crippen molar-refractivity contribution in [3.63, 3.8) is 0 Å². The molecule has 1 fully saturated rings. The average Bonchev–Trinajstić information content (AvgIpc) is 3.01. The second-order valence-corrected chi connectivity index (χ2v) is 8.66. The van der Waals surface area contributed by atoms with Gasteiger partial charge in [-0.05, 0) is 45.2 Å². The Kier molecular flexibility index (Phi) is 5.41. The first kappa shape index (κ1) is 18.4. The molecule has 2 aromatic rings. The highest BCUT2D eigenvalue weighted by Crippen LogP contribution is 2.35. The van der Waals surface area contributed by atoms with Crippen molar-refractivity contribution >= 4 is 33.3 Å². The van der Waals surface area contributed by atoms with Crippen LogP contribution < -0.4 is 15.5 Å². The quantitative estimate of drug-likeness (QED) is 0.792. The predicted octanol–water partition coefficient (Wildman–Crippen LogP) is 2.56. The van der Waals surface area contributed by atoms with Crippen LogP contribution >= 0.6 is 11.3 Å². The first-order chi connectivity index (χ1) is 13.1. The van der Waals surface area contributed by atoms with Crippen molar-refractivity contribution in [3.8, 4) is 0 Å². The molecule has 0 aromatic carbocycles. The lowest BCUT2D eigenvalue weighted by atomic mass is 9.95. The number of carbonyl (C=O) groups excluding carboxylic acids is 1. The monoisotopic (exact) mass is 385 g/mol. The number of fused-ring (bicyclic) bond motifs is 1. The maximum Gasteiger partial charge on any atom is 0.223 e. The summed E-state index contributed by atoms with van der Waals surface area (Å²) in [5.74, 6) is 1.33. The van der Waals surface area contributed by atoms with E-state index in [-0.39, 0.29) is 11.8 Å². The molecule has 6 nitrogen and oxygen atoms in total. The first-order valence-electron chi connectivity index (χ1n) is 9.75. The van der Waals surface area contributed by atoms with E-state index in [1.54, 1.807) is 17.7 Å². The molecular formula is C20H27N5OS. The van der Waals surface area contributed by atoms with Crippen LogP contribution in [0.4, 0.5) is 5.82 Å². The molecule has 27 heavy (non-hydrogen) atoms. The number of nitrogens with one attached hydrogen (secondary N) is 2. The molecule has 7 heteroatoms. The number of piperidine rings is 1.